The van der Waals surface area contributed by atoms with E-state index in [1.807, 2.05) is 24.4 Å². The Morgan fingerprint density at radius 3 is 2.29 bits per heavy atom. The number of alkyl halides is 3. The maximum absolute atomic E-state index is 12.4. The van der Waals surface area contributed by atoms with Crippen molar-refractivity contribution in [3.05, 3.63) is 47.8 Å². The van der Waals surface area contributed by atoms with Crippen molar-refractivity contribution in [1.82, 2.24) is 14.3 Å². The minimum Gasteiger partial charge on any atom is -0.475 e. The van der Waals surface area contributed by atoms with E-state index in [-0.39, 0.29) is 17.1 Å². The van der Waals surface area contributed by atoms with E-state index in [0.29, 0.717) is 18.7 Å². The Morgan fingerprint density at radius 2 is 1.76 bits per heavy atom. The van der Waals surface area contributed by atoms with Crippen molar-refractivity contribution in [2.24, 2.45) is 11.1 Å². The quantitative estimate of drug-likeness (QED) is 0.294. The highest BCUT2D eigenvalue weighted by Crippen LogP contribution is 2.37. The van der Waals surface area contributed by atoms with E-state index in [1.54, 1.807) is 17.4 Å². The van der Waals surface area contributed by atoms with Crippen LogP contribution in [0, 0.1) is 5.41 Å². The number of H-pyrrole nitrogens is 1. The van der Waals surface area contributed by atoms with E-state index < -0.39 is 28.1 Å². The van der Waals surface area contributed by atoms with Crippen LogP contribution in [0.4, 0.5) is 19.0 Å². The van der Waals surface area contributed by atoms with Gasteiger partial charge in [-0.3, -0.25) is 4.79 Å². The van der Waals surface area contributed by atoms with Crippen LogP contribution in [0.25, 0.3) is 22.0 Å². The third-order valence-electron chi connectivity index (χ3n) is 6.87. The summed E-state index contributed by atoms with van der Waals surface area (Å²) in [4.78, 5) is 28.9. The number of nitrogens with one attached hydrogen (secondary N) is 2. The van der Waals surface area contributed by atoms with E-state index in [0.717, 1.165) is 52.8 Å². The molecule has 42 heavy (non-hydrogen) atoms. The summed E-state index contributed by atoms with van der Waals surface area (Å²) in [5.74, 6) is -2.16. The van der Waals surface area contributed by atoms with Gasteiger partial charge in [-0.05, 0) is 72.1 Å². The molecule has 1 saturated heterocycles. The van der Waals surface area contributed by atoms with Gasteiger partial charge in [-0.1, -0.05) is 20.8 Å². The Labute approximate surface area is 242 Å². The highest BCUT2D eigenvalue weighted by Gasteiger charge is 2.38. The Kier molecular flexibility index (Phi) is 9.93. The molecule has 1 amide bonds. The summed E-state index contributed by atoms with van der Waals surface area (Å²) in [5.41, 5.74) is 9.97. The van der Waals surface area contributed by atoms with Gasteiger partial charge in [-0.15, -0.1) is 0 Å². The Hall–Kier alpha value is -3.65. The van der Waals surface area contributed by atoms with Crippen LogP contribution in [0.5, 0.6) is 0 Å². The molecular weight excluding hydrogens is 575 g/mol. The third-order valence-corrected chi connectivity index (χ3v) is 8.76. The number of hydrogen-bond donors (Lipinski definition) is 4. The highest BCUT2D eigenvalue weighted by molar-refractivity contribution is 7.89. The third kappa shape index (κ3) is 8.22. The fraction of sp³-hybridized carbons (Fsp3) is 0.464. The molecule has 0 unspecified atom stereocenters. The van der Waals surface area contributed by atoms with Gasteiger partial charge in [-0.2, -0.15) is 13.2 Å². The second-order valence-corrected chi connectivity index (χ2v) is 13.5. The summed E-state index contributed by atoms with van der Waals surface area (Å²) in [6, 6.07) is 7.82. The van der Waals surface area contributed by atoms with Crippen LogP contribution >= 0.6 is 0 Å². The van der Waals surface area contributed by atoms with E-state index in [9.17, 15) is 26.4 Å². The monoisotopic (exact) mass is 611 g/mol. The van der Waals surface area contributed by atoms with Crippen molar-refractivity contribution in [3.8, 4) is 11.1 Å². The molecule has 2 aromatic heterocycles. The smallest absolute Gasteiger partial charge is 0.475 e. The van der Waals surface area contributed by atoms with E-state index in [4.69, 9.17) is 15.6 Å². The first kappa shape index (κ1) is 32.9. The number of amides is 1. The molecule has 230 valence electrons. The SMILES string of the molecule is CCS(=O)(=O)N1CCC(c2c[nH]c3c(C(N)=O)cc(-c4ccnc(NCC(C)(C)C)c4)cc23)CC1.O=C(O)C(F)(F)F. The average Bonchev–Trinajstić information content (AvgIpc) is 3.35. The van der Waals surface area contributed by atoms with Crippen LogP contribution in [-0.2, 0) is 14.8 Å². The zero-order valence-corrected chi connectivity index (χ0v) is 24.7. The predicted octanol–water partition coefficient (Wildman–Crippen LogP) is 4.95. The summed E-state index contributed by atoms with van der Waals surface area (Å²) in [6.07, 6.45) is 0.0890. The summed E-state index contributed by atoms with van der Waals surface area (Å²) < 4.78 is 57.9. The normalized spacial score (nSPS) is 15.2. The number of sulfonamides is 1. The molecule has 3 aromatic rings. The van der Waals surface area contributed by atoms with E-state index in [2.05, 4.69) is 42.1 Å². The molecule has 0 aliphatic carbocycles. The molecule has 5 N–H and O–H groups in total. The lowest BCUT2D eigenvalue weighted by atomic mass is 9.88. The van der Waals surface area contributed by atoms with Crippen molar-refractivity contribution in [1.29, 1.82) is 0 Å². The van der Waals surface area contributed by atoms with Crippen LogP contribution in [0.1, 0.15) is 62.4 Å². The van der Waals surface area contributed by atoms with E-state index in [1.165, 1.54) is 0 Å². The molecule has 1 fully saturated rings. The number of rotatable bonds is 7. The highest BCUT2D eigenvalue weighted by atomic mass is 32.2. The van der Waals surface area contributed by atoms with Crippen LogP contribution in [-0.4, -0.2) is 71.2 Å². The maximum atomic E-state index is 12.4. The number of carboxylic acid groups (broad SMARTS) is 1. The number of primary amides is 1. The van der Waals surface area contributed by atoms with Gasteiger partial charge in [0.2, 0.25) is 10.0 Å². The molecule has 0 spiro atoms. The summed E-state index contributed by atoms with van der Waals surface area (Å²) in [5, 5.41) is 11.5. The molecule has 4 rings (SSSR count). The van der Waals surface area contributed by atoms with Crippen molar-refractivity contribution in [3.63, 3.8) is 0 Å². The number of aliphatic carboxylic acids is 1. The molecule has 0 atom stereocenters. The molecule has 0 saturated carbocycles. The number of aromatic nitrogens is 2. The molecule has 1 aliphatic heterocycles. The number of carboxylic acids is 1. The first-order valence-corrected chi connectivity index (χ1v) is 15.0. The number of piperidine rings is 1. The average molecular weight is 612 g/mol. The van der Waals surface area contributed by atoms with Gasteiger partial charge >= 0.3 is 12.1 Å². The van der Waals surface area contributed by atoms with Crippen molar-refractivity contribution < 1.29 is 36.3 Å². The Morgan fingerprint density at radius 1 is 1.14 bits per heavy atom. The minimum atomic E-state index is -5.08. The second kappa shape index (κ2) is 12.7. The van der Waals surface area contributed by atoms with Crippen LogP contribution in [0.15, 0.2) is 36.7 Å². The molecular formula is C28H36F3N5O5S. The molecule has 10 nitrogen and oxygen atoms in total. The number of fused-ring (bicyclic) bond motifs is 1. The van der Waals surface area contributed by atoms with Gasteiger partial charge in [0.25, 0.3) is 5.91 Å². The fourth-order valence-electron chi connectivity index (χ4n) is 4.64. The standard InChI is InChI=1S/C26H35N5O3S.C2HF3O2/c1-5-35(33,34)31-10-7-17(8-11-31)22-15-29-24-20(22)12-19(13-21(24)25(27)32)18-6-9-28-23(14-18)30-16-26(2,3)4;3-2(4,5)1(6)7/h6,9,12-15,17,29H,5,7-8,10-11,16H2,1-4H3,(H2,27,32)(H,28,30);(H,6,7). The molecule has 0 bridgehead atoms. The lowest BCUT2D eigenvalue weighted by Crippen LogP contribution is -2.38. The Balaban J connectivity index is 0.000000616. The van der Waals surface area contributed by atoms with Crippen LogP contribution in [0.3, 0.4) is 0 Å². The number of anilines is 1. The van der Waals surface area contributed by atoms with Crippen molar-refractivity contribution in [2.75, 3.05) is 30.7 Å². The number of halogens is 3. The number of pyridine rings is 1. The van der Waals surface area contributed by atoms with Gasteiger partial charge < -0.3 is 21.1 Å². The fourth-order valence-corrected chi connectivity index (χ4v) is 5.77. The molecule has 1 aliphatic rings. The lowest BCUT2D eigenvalue weighted by Gasteiger charge is -2.31. The van der Waals surface area contributed by atoms with E-state index >= 15 is 0 Å². The first-order valence-electron chi connectivity index (χ1n) is 13.4. The number of hydrogen-bond acceptors (Lipinski definition) is 6. The number of carbonyl (C=O) groups excluding carboxylic acids is 1. The number of nitrogens with two attached hydrogens (primary N) is 1. The number of nitrogens with zero attached hydrogens (tertiary/aromatic N) is 2. The summed E-state index contributed by atoms with van der Waals surface area (Å²) >= 11 is 0. The van der Waals surface area contributed by atoms with Gasteiger partial charge in [-0.25, -0.2) is 22.5 Å². The number of carbonyl (C=O) groups is 2. The Bertz CT molecular complexity index is 1540. The van der Waals surface area contributed by atoms with Gasteiger partial charge in [0, 0.05) is 37.4 Å². The largest absolute Gasteiger partial charge is 0.490 e. The van der Waals surface area contributed by atoms with Crippen LogP contribution in [0.2, 0.25) is 0 Å². The lowest BCUT2D eigenvalue weighted by molar-refractivity contribution is -0.192. The zero-order valence-electron chi connectivity index (χ0n) is 23.9. The van der Waals surface area contributed by atoms with Crippen LogP contribution < -0.4 is 11.1 Å². The molecule has 14 heteroatoms. The molecule has 1 aromatic carbocycles. The topological polar surface area (TPSA) is 158 Å². The predicted molar refractivity (Wildman–Crippen MR) is 155 cm³/mol. The minimum absolute atomic E-state index is 0.113. The van der Waals surface area contributed by atoms with Gasteiger partial charge in [0.1, 0.15) is 5.82 Å². The first-order chi connectivity index (χ1) is 19.4. The summed E-state index contributed by atoms with van der Waals surface area (Å²) in [7, 11) is -3.18. The molecule has 3 heterocycles. The second-order valence-electron chi connectivity index (χ2n) is 11.3. The van der Waals surface area contributed by atoms with Gasteiger partial charge in [0.15, 0.2) is 0 Å². The molecule has 0 radical (unpaired) electrons. The zero-order chi connectivity index (χ0) is 31.5. The number of benzene rings is 1. The van der Waals surface area contributed by atoms with Gasteiger partial charge in [0.05, 0.1) is 16.8 Å². The number of aromatic amines is 1. The maximum Gasteiger partial charge on any atom is 0.490 e. The summed E-state index contributed by atoms with van der Waals surface area (Å²) in [6.45, 7) is 9.94. The van der Waals surface area contributed by atoms with Crippen molar-refractivity contribution >= 4 is 38.6 Å². The van der Waals surface area contributed by atoms with Crippen molar-refractivity contribution in [2.45, 2.75) is 52.6 Å².